The molecule has 24 heavy (non-hydrogen) atoms. The normalized spacial score (nSPS) is 13.3. The molecule has 0 radical (unpaired) electrons. The molecule has 0 unspecified atom stereocenters. The SMILES string of the molecule is O=C(C=Cc1cccs1)OCc1cc([N+](=O)[O-])cc2c1OCOC2. The van der Waals surface area contributed by atoms with Crippen LogP contribution < -0.4 is 4.74 Å². The number of thiophene rings is 1. The quantitative estimate of drug-likeness (QED) is 0.357. The van der Waals surface area contributed by atoms with Crippen molar-refractivity contribution in [3.8, 4) is 5.75 Å². The van der Waals surface area contributed by atoms with E-state index in [2.05, 4.69) is 0 Å². The van der Waals surface area contributed by atoms with Crippen molar-refractivity contribution in [2.75, 3.05) is 6.79 Å². The molecule has 0 aliphatic carbocycles. The zero-order valence-electron chi connectivity index (χ0n) is 12.5. The van der Waals surface area contributed by atoms with Crippen LogP contribution >= 0.6 is 11.3 Å². The minimum Gasteiger partial charge on any atom is -0.467 e. The van der Waals surface area contributed by atoms with Gasteiger partial charge in [-0.3, -0.25) is 10.1 Å². The first-order valence-corrected chi connectivity index (χ1v) is 7.90. The number of carbonyl (C=O) groups is 1. The molecule has 0 fully saturated rings. The van der Waals surface area contributed by atoms with Gasteiger partial charge in [-0.05, 0) is 17.5 Å². The Hall–Kier alpha value is -2.71. The van der Waals surface area contributed by atoms with Gasteiger partial charge in [0.2, 0.25) is 0 Å². The van der Waals surface area contributed by atoms with Crippen LogP contribution in [0.25, 0.3) is 6.08 Å². The van der Waals surface area contributed by atoms with Gasteiger partial charge in [-0.15, -0.1) is 11.3 Å². The summed E-state index contributed by atoms with van der Waals surface area (Å²) in [7, 11) is 0. The highest BCUT2D eigenvalue weighted by Gasteiger charge is 2.21. The van der Waals surface area contributed by atoms with Crippen LogP contribution in [-0.4, -0.2) is 17.7 Å². The third kappa shape index (κ3) is 3.79. The second kappa shape index (κ2) is 7.24. The van der Waals surface area contributed by atoms with Crippen molar-refractivity contribution in [3.63, 3.8) is 0 Å². The monoisotopic (exact) mass is 347 g/mol. The van der Waals surface area contributed by atoms with Gasteiger partial charge in [0.15, 0.2) is 6.79 Å². The van der Waals surface area contributed by atoms with Crippen LogP contribution in [-0.2, 0) is 27.5 Å². The number of nitro groups is 1. The van der Waals surface area contributed by atoms with Gasteiger partial charge < -0.3 is 14.2 Å². The lowest BCUT2D eigenvalue weighted by Gasteiger charge is -2.20. The smallest absolute Gasteiger partial charge is 0.331 e. The Morgan fingerprint density at radius 2 is 2.33 bits per heavy atom. The summed E-state index contributed by atoms with van der Waals surface area (Å²) in [4.78, 5) is 23.2. The van der Waals surface area contributed by atoms with Crippen LogP contribution in [0.5, 0.6) is 5.75 Å². The fourth-order valence-corrected chi connectivity index (χ4v) is 2.84. The molecule has 1 aromatic carbocycles. The Bertz CT molecular complexity index is 784. The van der Waals surface area contributed by atoms with E-state index in [0.717, 1.165) is 4.88 Å². The number of esters is 1. The van der Waals surface area contributed by atoms with E-state index in [1.54, 1.807) is 6.08 Å². The van der Waals surface area contributed by atoms with E-state index in [4.69, 9.17) is 14.2 Å². The fourth-order valence-electron chi connectivity index (χ4n) is 2.23. The molecule has 0 saturated heterocycles. The lowest BCUT2D eigenvalue weighted by atomic mass is 10.1. The van der Waals surface area contributed by atoms with Gasteiger partial charge in [-0.1, -0.05) is 6.07 Å². The van der Waals surface area contributed by atoms with Gasteiger partial charge in [-0.2, -0.15) is 0 Å². The number of rotatable bonds is 5. The lowest BCUT2D eigenvalue weighted by Crippen LogP contribution is -2.14. The van der Waals surface area contributed by atoms with Crippen molar-refractivity contribution in [1.82, 2.24) is 0 Å². The zero-order valence-corrected chi connectivity index (χ0v) is 13.3. The van der Waals surface area contributed by atoms with Gasteiger partial charge in [0, 0.05) is 34.2 Å². The molecule has 0 bridgehead atoms. The number of nitro benzene ring substituents is 1. The first kappa shape index (κ1) is 16.2. The Labute approximate surface area is 141 Å². The van der Waals surface area contributed by atoms with Crippen molar-refractivity contribution in [2.24, 2.45) is 0 Å². The van der Waals surface area contributed by atoms with E-state index >= 15 is 0 Å². The molecule has 0 N–H and O–H groups in total. The summed E-state index contributed by atoms with van der Waals surface area (Å²) in [6.45, 7) is 0.165. The molecule has 124 valence electrons. The molecule has 3 rings (SSSR count). The van der Waals surface area contributed by atoms with E-state index in [1.807, 2.05) is 17.5 Å². The number of ether oxygens (including phenoxy) is 3. The van der Waals surface area contributed by atoms with Crippen molar-refractivity contribution in [3.05, 3.63) is 61.8 Å². The minimum atomic E-state index is -0.532. The van der Waals surface area contributed by atoms with Crippen LogP contribution in [0.1, 0.15) is 16.0 Å². The molecule has 2 heterocycles. The number of hydrogen-bond donors (Lipinski definition) is 0. The van der Waals surface area contributed by atoms with Gasteiger partial charge in [0.1, 0.15) is 12.4 Å². The standard InChI is InChI=1S/C16H13NO6S/c18-15(4-3-14-2-1-5-24-14)22-9-12-7-13(17(19)20)6-11-8-21-10-23-16(11)12/h1-7H,8-10H2. The summed E-state index contributed by atoms with van der Waals surface area (Å²) < 4.78 is 15.7. The second-order valence-electron chi connectivity index (χ2n) is 4.92. The number of nitrogens with zero attached hydrogens (tertiary/aromatic N) is 1. The Morgan fingerprint density at radius 1 is 1.46 bits per heavy atom. The van der Waals surface area contributed by atoms with E-state index < -0.39 is 10.9 Å². The number of benzene rings is 1. The zero-order chi connectivity index (χ0) is 16.9. The maximum Gasteiger partial charge on any atom is 0.331 e. The summed E-state index contributed by atoms with van der Waals surface area (Å²) in [5, 5.41) is 12.9. The predicted molar refractivity (Wildman–Crippen MR) is 86.5 cm³/mol. The molecular weight excluding hydrogens is 334 g/mol. The summed E-state index contributed by atoms with van der Waals surface area (Å²) in [6.07, 6.45) is 2.97. The van der Waals surface area contributed by atoms with Crippen LogP contribution in [0.3, 0.4) is 0 Å². The van der Waals surface area contributed by atoms with Crippen LogP contribution in [0.4, 0.5) is 5.69 Å². The van der Waals surface area contributed by atoms with Gasteiger partial charge in [0.05, 0.1) is 11.5 Å². The molecule has 2 aromatic rings. The van der Waals surface area contributed by atoms with Crippen molar-refractivity contribution in [2.45, 2.75) is 13.2 Å². The summed E-state index contributed by atoms with van der Waals surface area (Å²) >= 11 is 1.50. The average molecular weight is 347 g/mol. The second-order valence-corrected chi connectivity index (χ2v) is 5.90. The van der Waals surface area contributed by atoms with E-state index in [0.29, 0.717) is 16.9 Å². The molecule has 0 amide bonds. The molecular formula is C16H13NO6S. The van der Waals surface area contributed by atoms with E-state index in [-0.39, 0.29) is 25.7 Å². The maximum absolute atomic E-state index is 11.8. The Kier molecular flexibility index (Phi) is 4.88. The number of non-ortho nitro benzene ring substituents is 1. The van der Waals surface area contributed by atoms with Gasteiger partial charge in [0.25, 0.3) is 5.69 Å². The van der Waals surface area contributed by atoms with Gasteiger partial charge >= 0.3 is 5.97 Å². The van der Waals surface area contributed by atoms with Crippen molar-refractivity contribution >= 4 is 29.1 Å². The molecule has 0 saturated carbocycles. The highest BCUT2D eigenvalue weighted by atomic mass is 32.1. The molecule has 0 atom stereocenters. The highest BCUT2D eigenvalue weighted by Crippen LogP contribution is 2.33. The minimum absolute atomic E-state index is 0.0596. The van der Waals surface area contributed by atoms with Crippen molar-refractivity contribution < 1.29 is 23.9 Å². The van der Waals surface area contributed by atoms with Crippen LogP contribution in [0, 0.1) is 10.1 Å². The van der Waals surface area contributed by atoms with Crippen LogP contribution in [0.15, 0.2) is 35.7 Å². The first-order chi connectivity index (χ1) is 11.6. The van der Waals surface area contributed by atoms with E-state index in [1.165, 1.54) is 29.5 Å². The van der Waals surface area contributed by atoms with Crippen molar-refractivity contribution in [1.29, 1.82) is 0 Å². The Balaban J connectivity index is 1.73. The fraction of sp³-hybridized carbons (Fsp3) is 0.188. The Morgan fingerprint density at radius 3 is 3.08 bits per heavy atom. The average Bonchev–Trinajstić information content (AvgIpc) is 3.11. The molecule has 8 heteroatoms. The molecule has 1 aliphatic rings. The van der Waals surface area contributed by atoms with Gasteiger partial charge in [-0.25, -0.2) is 4.79 Å². The molecule has 7 nitrogen and oxygen atoms in total. The summed E-state index contributed by atoms with van der Waals surface area (Å²) in [5.41, 5.74) is 0.916. The van der Waals surface area contributed by atoms with E-state index in [9.17, 15) is 14.9 Å². The molecule has 1 aliphatic heterocycles. The topological polar surface area (TPSA) is 87.9 Å². The maximum atomic E-state index is 11.8. The number of carbonyl (C=O) groups excluding carboxylic acids is 1. The number of hydrogen-bond acceptors (Lipinski definition) is 7. The third-order valence-corrected chi connectivity index (χ3v) is 4.12. The van der Waals surface area contributed by atoms with Crippen LogP contribution in [0.2, 0.25) is 0 Å². The highest BCUT2D eigenvalue weighted by molar-refractivity contribution is 7.10. The lowest BCUT2D eigenvalue weighted by molar-refractivity contribution is -0.385. The largest absolute Gasteiger partial charge is 0.467 e. The molecule has 1 aromatic heterocycles. The predicted octanol–water partition coefficient (Wildman–Crippen LogP) is 3.28. The summed E-state index contributed by atoms with van der Waals surface area (Å²) in [5.74, 6) is -0.0578. The number of fused-ring (bicyclic) bond motifs is 1. The summed E-state index contributed by atoms with van der Waals surface area (Å²) in [6, 6.07) is 6.50. The first-order valence-electron chi connectivity index (χ1n) is 7.02. The molecule has 0 spiro atoms. The third-order valence-electron chi connectivity index (χ3n) is 3.28.